The van der Waals surface area contributed by atoms with Gasteiger partial charge in [0.1, 0.15) is 0 Å². The van der Waals surface area contributed by atoms with Crippen LogP contribution in [0.1, 0.15) is 0 Å². The Kier molecular flexibility index (Phi) is 58700. The van der Waals surface area contributed by atoms with E-state index in [1.807, 2.05) is 0 Å². The van der Waals surface area contributed by atoms with E-state index < -0.39 is 0 Å². The Balaban J connectivity index is 0. The van der Waals surface area contributed by atoms with Crippen LogP contribution in [-0.4, -0.2) is 17.4 Å². The third-order valence-electron chi connectivity index (χ3n) is 0. The van der Waals surface area contributed by atoms with E-state index >= 15 is 0 Å². The molecule has 0 saturated heterocycles. The van der Waals surface area contributed by atoms with Gasteiger partial charge in [-0.05, 0) is 0 Å². The fourth-order valence-electron chi connectivity index (χ4n) is 0. The van der Waals surface area contributed by atoms with Crippen LogP contribution >= 0.6 is 0 Å². The SMILES string of the molecule is [AlH3].[F-].[F-].[F-].[F-].[F-].[F-].[W]. The summed E-state index contributed by atoms with van der Waals surface area (Å²) in [4.78, 5) is 0. The topological polar surface area (TPSA) is 0 Å². The quantitative estimate of drug-likeness (QED) is 0.306. The van der Waals surface area contributed by atoms with Crippen LogP contribution in [0.25, 0.3) is 0 Å². The van der Waals surface area contributed by atoms with Crippen molar-refractivity contribution in [2.24, 2.45) is 0 Å². The predicted octanol–water partition coefficient (Wildman–Crippen LogP) is -19.2. The second-order valence-electron chi connectivity index (χ2n) is 0. The summed E-state index contributed by atoms with van der Waals surface area (Å²) in [7, 11) is 0. The second-order valence-corrected chi connectivity index (χ2v) is 0. The summed E-state index contributed by atoms with van der Waals surface area (Å²) in [5, 5.41) is 0. The molecule has 0 amide bonds. The van der Waals surface area contributed by atoms with E-state index in [1.54, 1.807) is 0 Å². The molecule has 0 bridgehead atoms. The van der Waals surface area contributed by atoms with Crippen molar-refractivity contribution in [2.75, 3.05) is 0 Å². The molecule has 60 valence electrons. The number of hydrogen-bond donors (Lipinski definition) is 0. The Morgan fingerprint density at radius 2 is 0.375 bits per heavy atom. The molecule has 8 heteroatoms. The van der Waals surface area contributed by atoms with Crippen LogP contribution in [0.15, 0.2) is 0 Å². The summed E-state index contributed by atoms with van der Waals surface area (Å²) in [6.45, 7) is 0. The maximum absolute atomic E-state index is 0. The van der Waals surface area contributed by atoms with E-state index in [-0.39, 0.29) is 66.7 Å². The van der Waals surface area contributed by atoms with Gasteiger partial charge >= 0.3 is 0 Å². The normalized spacial score (nSPS) is 0. The summed E-state index contributed by atoms with van der Waals surface area (Å²) in [6, 6.07) is 0. The van der Waals surface area contributed by atoms with Gasteiger partial charge in [-0.2, -0.15) is 0 Å². The molecule has 0 aliphatic rings. The molecule has 0 aromatic rings. The van der Waals surface area contributed by atoms with Gasteiger partial charge in [-0.3, -0.25) is 0 Å². The van der Waals surface area contributed by atoms with Crippen molar-refractivity contribution in [2.45, 2.75) is 0 Å². The van der Waals surface area contributed by atoms with Gasteiger partial charge in [0, 0.05) is 21.1 Å². The van der Waals surface area contributed by atoms with E-state index in [2.05, 4.69) is 0 Å². The summed E-state index contributed by atoms with van der Waals surface area (Å²) < 4.78 is 0. The zero-order valence-corrected chi connectivity index (χ0v) is 5.61. The van der Waals surface area contributed by atoms with E-state index in [0.29, 0.717) is 0 Å². The molecule has 0 rings (SSSR count). The third-order valence-corrected chi connectivity index (χ3v) is 0. The van der Waals surface area contributed by atoms with Crippen molar-refractivity contribution < 1.29 is 49.3 Å². The fraction of sp³-hybridized carbons (Fsp3) is 0. The minimum atomic E-state index is 0. The molecule has 0 spiro atoms. The molecule has 0 atom stereocenters. The average Bonchev–Trinajstić information content (AvgIpc) is 0. The van der Waals surface area contributed by atoms with Crippen molar-refractivity contribution >= 4 is 17.4 Å². The van der Waals surface area contributed by atoms with Crippen LogP contribution < -0.4 is 28.2 Å². The Morgan fingerprint density at radius 3 is 0.375 bits per heavy atom. The summed E-state index contributed by atoms with van der Waals surface area (Å²) in [6.07, 6.45) is 0. The first-order valence-corrected chi connectivity index (χ1v) is 0. The van der Waals surface area contributed by atoms with Gasteiger partial charge in [0.2, 0.25) is 0 Å². The fourth-order valence-corrected chi connectivity index (χ4v) is 0. The molecule has 0 aliphatic carbocycles. The van der Waals surface area contributed by atoms with Crippen LogP contribution in [0.2, 0.25) is 0 Å². The van der Waals surface area contributed by atoms with Crippen molar-refractivity contribution in [1.82, 2.24) is 0 Å². The van der Waals surface area contributed by atoms with Crippen molar-refractivity contribution in [3.05, 3.63) is 0 Å². The minimum Gasteiger partial charge on any atom is -1.00 e. The van der Waals surface area contributed by atoms with Gasteiger partial charge in [-0.25, -0.2) is 0 Å². The molecule has 0 nitrogen and oxygen atoms in total. The first-order valence-electron chi connectivity index (χ1n) is 0. The monoisotopic (exact) mass is 328 g/mol. The first kappa shape index (κ1) is 835. The molecular formula is H3AlF6W-6. The summed E-state index contributed by atoms with van der Waals surface area (Å²) in [5.41, 5.74) is 0. The smallest absolute Gasteiger partial charge is 0.187 e. The predicted molar refractivity (Wildman–Crippen MR) is 9.94 cm³/mol. The average molecular weight is 328 g/mol. The van der Waals surface area contributed by atoms with Gasteiger partial charge in [0.15, 0.2) is 17.4 Å². The zero-order chi connectivity index (χ0) is 0. The van der Waals surface area contributed by atoms with Crippen LogP contribution in [0.3, 0.4) is 0 Å². The van der Waals surface area contributed by atoms with Crippen LogP contribution in [0.4, 0.5) is 0 Å². The van der Waals surface area contributed by atoms with Crippen LogP contribution in [-0.2, 0) is 21.1 Å². The molecule has 0 unspecified atom stereocenters. The number of hydrogen-bond acceptors (Lipinski definition) is 0. The molecule has 0 radical (unpaired) electrons. The Morgan fingerprint density at radius 1 is 0.375 bits per heavy atom. The molecule has 0 heterocycles. The van der Waals surface area contributed by atoms with Crippen molar-refractivity contribution in [1.29, 1.82) is 0 Å². The molecule has 8 heavy (non-hydrogen) atoms. The second kappa shape index (κ2) is 563. The molecule has 0 aromatic carbocycles. The Bertz CT molecular complexity index is 8.49. The zero-order valence-electron chi connectivity index (χ0n) is 2.68. The van der Waals surface area contributed by atoms with E-state index in [1.165, 1.54) is 0 Å². The molecule has 0 N–H and O–H groups in total. The summed E-state index contributed by atoms with van der Waals surface area (Å²) in [5.74, 6) is 0. The molecule has 0 aromatic heterocycles. The van der Waals surface area contributed by atoms with Gasteiger partial charge in [0.25, 0.3) is 0 Å². The van der Waals surface area contributed by atoms with Crippen LogP contribution in [0, 0.1) is 0 Å². The number of rotatable bonds is 0. The first-order chi connectivity index (χ1) is 0. The standard InChI is InChI=1S/Al.6FH.W.3H/h;6*1H;;;;/p-6. The van der Waals surface area contributed by atoms with E-state index in [0.717, 1.165) is 0 Å². The van der Waals surface area contributed by atoms with E-state index in [4.69, 9.17) is 0 Å². The van der Waals surface area contributed by atoms with Crippen molar-refractivity contribution in [3.63, 3.8) is 0 Å². The van der Waals surface area contributed by atoms with Crippen LogP contribution in [0.5, 0.6) is 0 Å². The maximum atomic E-state index is 0. The maximum Gasteiger partial charge on any atom is 0.187 e. The van der Waals surface area contributed by atoms with Gasteiger partial charge in [0.05, 0.1) is 0 Å². The minimum absolute atomic E-state index is 0. The number of halogens is 6. The molecule has 0 fully saturated rings. The summed E-state index contributed by atoms with van der Waals surface area (Å²) >= 11 is 0. The third kappa shape index (κ3) is 357. The van der Waals surface area contributed by atoms with E-state index in [9.17, 15) is 0 Å². The molecular weight excluding hydrogens is 325 g/mol. The van der Waals surface area contributed by atoms with Gasteiger partial charge < -0.3 is 28.2 Å². The van der Waals surface area contributed by atoms with Gasteiger partial charge in [-0.15, -0.1) is 0 Å². The van der Waals surface area contributed by atoms with Gasteiger partial charge in [-0.1, -0.05) is 0 Å². The molecule has 0 saturated carbocycles. The Labute approximate surface area is 67.0 Å². The van der Waals surface area contributed by atoms with Crippen molar-refractivity contribution in [3.8, 4) is 0 Å². The molecule has 0 aliphatic heterocycles. The largest absolute Gasteiger partial charge is 1.00 e. The Hall–Kier alpha value is 0.801.